The van der Waals surface area contributed by atoms with E-state index in [-0.39, 0.29) is 0 Å². The number of fused-ring (bicyclic) bond motifs is 3. The molecule has 1 heterocycles. The van der Waals surface area contributed by atoms with Crippen LogP contribution in [0, 0.1) is 0 Å². The Labute approximate surface area is 340 Å². The minimum Gasteiger partial charge on any atom is -0.310 e. The monoisotopic (exact) mass is 763 g/mol. The van der Waals surface area contributed by atoms with Gasteiger partial charge in [-0.1, -0.05) is 189 Å². The average molecular weight is 764 g/mol. The Hall–Kier alpha value is -6.78. The second-order valence-electron chi connectivity index (χ2n) is 14.2. The normalized spacial score (nSPS) is 12.0. The zero-order valence-electron chi connectivity index (χ0n) is 31.6. The predicted octanol–water partition coefficient (Wildman–Crippen LogP) is 12.0. The fraction of sp³-hybridized carbons (Fsp3) is 0. The van der Waals surface area contributed by atoms with Crippen LogP contribution in [-0.2, 0) is 0 Å². The molecule has 0 aliphatic carbocycles. The maximum Gasteiger partial charge on any atom is 0.179 e. The third kappa shape index (κ3) is 7.00. The van der Waals surface area contributed by atoms with Crippen LogP contribution < -0.4 is 25.6 Å². The zero-order valence-corrected chi connectivity index (χ0v) is 33.4. The average Bonchev–Trinajstić information content (AvgIpc) is 3.65. The number of benzene rings is 8. The molecule has 0 fully saturated rings. The largest absolute Gasteiger partial charge is 0.310 e. The molecule has 0 unspecified atom stereocenters. The summed E-state index contributed by atoms with van der Waals surface area (Å²) >= 11 is 1.85. The molecule has 0 saturated carbocycles. The summed E-state index contributed by atoms with van der Waals surface area (Å²) < 4.78 is 2.56. The molecule has 0 radical (unpaired) electrons. The minimum atomic E-state index is -2.70. The summed E-state index contributed by atoms with van der Waals surface area (Å²) in [7, 11) is -2.70. The number of anilines is 2. The van der Waals surface area contributed by atoms with E-state index in [4.69, 9.17) is 0 Å². The highest BCUT2D eigenvalue weighted by molar-refractivity contribution is 7.25. The Morgan fingerprint density at radius 2 is 0.930 bits per heavy atom. The fourth-order valence-corrected chi connectivity index (χ4v) is 14.0. The summed E-state index contributed by atoms with van der Waals surface area (Å²) in [6.45, 7) is 4.04. The standard InChI is InChI=1S/C54H41NSSi/c1-2-3-23-45(38-41-19-9-4-10-20-41)55(46-33-37-54-52(40-46)51-39-43(30-36-53(51)56-54)42-21-11-5-12-22-42)44-31-34-50(35-32-44)57(47-24-13-6-14-25-47,48-26-15-7-16-27-48)49-28-17-8-18-29-49/h2-40H,1H2/b23-3-,45-38?. The quantitative estimate of drug-likeness (QED) is 0.0720. The van der Waals surface area contributed by atoms with E-state index in [1.165, 1.54) is 52.0 Å². The van der Waals surface area contributed by atoms with Gasteiger partial charge in [-0.2, -0.15) is 0 Å². The van der Waals surface area contributed by atoms with E-state index in [1.807, 2.05) is 23.5 Å². The Balaban J connectivity index is 1.25. The number of allylic oxidation sites excluding steroid dienone is 3. The van der Waals surface area contributed by atoms with Crippen LogP contribution in [0.25, 0.3) is 37.4 Å². The van der Waals surface area contributed by atoms with Gasteiger partial charge in [-0.15, -0.1) is 11.3 Å². The zero-order chi connectivity index (χ0) is 38.4. The number of hydrogen-bond donors (Lipinski definition) is 0. The van der Waals surface area contributed by atoms with Crippen LogP contribution in [0.5, 0.6) is 0 Å². The summed E-state index contributed by atoms with van der Waals surface area (Å²) in [5, 5.41) is 7.92. The molecule has 0 N–H and O–H groups in total. The maximum absolute atomic E-state index is 4.04. The van der Waals surface area contributed by atoms with E-state index < -0.39 is 8.07 Å². The molecule has 0 atom stereocenters. The predicted molar refractivity (Wildman–Crippen MR) is 251 cm³/mol. The highest BCUT2D eigenvalue weighted by atomic mass is 32.1. The van der Waals surface area contributed by atoms with Crippen molar-refractivity contribution in [2.24, 2.45) is 0 Å². The van der Waals surface area contributed by atoms with E-state index in [1.54, 1.807) is 0 Å². The highest BCUT2D eigenvalue weighted by Crippen LogP contribution is 2.40. The first-order valence-corrected chi connectivity index (χ1v) is 22.2. The van der Waals surface area contributed by atoms with Gasteiger partial charge in [-0.05, 0) is 92.1 Å². The van der Waals surface area contributed by atoms with Crippen molar-refractivity contribution in [1.29, 1.82) is 0 Å². The smallest absolute Gasteiger partial charge is 0.179 e. The first kappa shape index (κ1) is 35.9. The lowest BCUT2D eigenvalue weighted by atomic mass is 10.0. The molecule has 9 rings (SSSR count). The molecule has 3 heteroatoms. The third-order valence-electron chi connectivity index (χ3n) is 10.8. The molecule has 0 bridgehead atoms. The van der Waals surface area contributed by atoms with Gasteiger partial charge < -0.3 is 4.90 Å². The molecule has 0 aliphatic heterocycles. The maximum atomic E-state index is 4.04. The topological polar surface area (TPSA) is 3.24 Å². The highest BCUT2D eigenvalue weighted by Gasteiger charge is 2.41. The van der Waals surface area contributed by atoms with Gasteiger partial charge in [0.2, 0.25) is 0 Å². The second kappa shape index (κ2) is 16.1. The molecule has 0 saturated heterocycles. The van der Waals surface area contributed by atoms with Crippen LogP contribution >= 0.6 is 11.3 Å². The van der Waals surface area contributed by atoms with Gasteiger partial charge in [-0.3, -0.25) is 0 Å². The molecule has 0 amide bonds. The number of rotatable bonds is 11. The van der Waals surface area contributed by atoms with E-state index >= 15 is 0 Å². The van der Waals surface area contributed by atoms with Gasteiger partial charge in [-0.25, -0.2) is 0 Å². The molecule has 272 valence electrons. The Bertz CT molecular complexity index is 2730. The lowest BCUT2D eigenvalue weighted by Gasteiger charge is -2.35. The van der Waals surface area contributed by atoms with Crippen LogP contribution in [0.1, 0.15) is 5.56 Å². The van der Waals surface area contributed by atoms with Gasteiger partial charge in [0.15, 0.2) is 8.07 Å². The summed E-state index contributed by atoms with van der Waals surface area (Å²) in [6.07, 6.45) is 8.29. The SMILES string of the molecule is C=C/C=C\C(=Cc1ccccc1)N(c1ccc([Si](c2ccccc2)(c2ccccc2)c2ccccc2)cc1)c1ccc2sc3ccc(-c4ccccc4)cc3c2c1. The molecule has 57 heavy (non-hydrogen) atoms. The van der Waals surface area contributed by atoms with Crippen LogP contribution in [0.2, 0.25) is 0 Å². The van der Waals surface area contributed by atoms with Crippen molar-refractivity contribution in [2.45, 2.75) is 0 Å². The van der Waals surface area contributed by atoms with E-state index in [0.717, 1.165) is 22.6 Å². The number of nitrogens with zero attached hydrogens (tertiary/aromatic N) is 1. The van der Waals surface area contributed by atoms with E-state index in [0.29, 0.717) is 0 Å². The molecule has 1 nitrogen and oxygen atoms in total. The molecule has 9 aromatic rings. The molecule has 0 spiro atoms. The third-order valence-corrected chi connectivity index (χ3v) is 16.7. The van der Waals surface area contributed by atoms with E-state index in [9.17, 15) is 0 Å². The van der Waals surface area contributed by atoms with Crippen LogP contribution in [0.4, 0.5) is 11.4 Å². The van der Waals surface area contributed by atoms with Gasteiger partial charge >= 0.3 is 0 Å². The van der Waals surface area contributed by atoms with Gasteiger partial charge in [0.1, 0.15) is 0 Å². The second-order valence-corrected chi connectivity index (χ2v) is 19.1. The molecular weight excluding hydrogens is 723 g/mol. The lowest BCUT2D eigenvalue weighted by Crippen LogP contribution is -2.74. The van der Waals surface area contributed by atoms with Crippen molar-refractivity contribution >= 4 is 77.8 Å². The van der Waals surface area contributed by atoms with Crippen molar-refractivity contribution in [3.8, 4) is 11.1 Å². The van der Waals surface area contributed by atoms with Gasteiger partial charge in [0, 0.05) is 37.2 Å². The summed E-state index contributed by atoms with van der Waals surface area (Å²) in [6, 6.07) is 77.7. The van der Waals surface area contributed by atoms with Crippen LogP contribution in [-0.4, -0.2) is 8.07 Å². The van der Waals surface area contributed by atoms with Crippen molar-refractivity contribution in [1.82, 2.24) is 0 Å². The van der Waals surface area contributed by atoms with Crippen molar-refractivity contribution in [3.63, 3.8) is 0 Å². The van der Waals surface area contributed by atoms with Crippen molar-refractivity contribution in [2.75, 3.05) is 4.90 Å². The minimum absolute atomic E-state index is 1.04. The van der Waals surface area contributed by atoms with Crippen LogP contribution in [0.15, 0.2) is 243 Å². The van der Waals surface area contributed by atoms with Crippen molar-refractivity contribution in [3.05, 3.63) is 248 Å². The van der Waals surface area contributed by atoms with Crippen molar-refractivity contribution < 1.29 is 0 Å². The van der Waals surface area contributed by atoms with Gasteiger partial charge in [0.25, 0.3) is 0 Å². The van der Waals surface area contributed by atoms with Gasteiger partial charge in [0.05, 0.1) is 0 Å². The lowest BCUT2D eigenvalue weighted by molar-refractivity contribution is 1.23. The Morgan fingerprint density at radius 3 is 1.49 bits per heavy atom. The summed E-state index contributed by atoms with van der Waals surface area (Å²) in [5.74, 6) is 0. The van der Waals surface area contributed by atoms with Crippen LogP contribution in [0.3, 0.4) is 0 Å². The summed E-state index contributed by atoms with van der Waals surface area (Å²) in [4.78, 5) is 2.39. The number of thiophene rings is 1. The molecular formula is C54H41NSSi. The molecule has 0 aliphatic rings. The summed E-state index contributed by atoms with van der Waals surface area (Å²) in [5.41, 5.74) is 6.78. The Kier molecular flexibility index (Phi) is 10.2. The van der Waals surface area contributed by atoms with E-state index in [2.05, 4.69) is 236 Å². The fourth-order valence-electron chi connectivity index (χ4n) is 8.16. The molecule has 1 aromatic heterocycles. The number of hydrogen-bond acceptors (Lipinski definition) is 2. The molecule has 8 aromatic carbocycles. The Morgan fingerprint density at radius 1 is 0.456 bits per heavy atom. The first-order valence-electron chi connectivity index (χ1n) is 19.4. The first-order chi connectivity index (χ1) is 28.2.